The summed E-state index contributed by atoms with van der Waals surface area (Å²) in [5, 5.41) is 21.1. The van der Waals surface area contributed by atoms with Gasteiger partial charge < -0.3 is 19.8 Å². The maximum atomic E-state index is 14.0. The van der Waals surface area contributed by atoms with Gasteiger partial charge in [0, 0.05) is 18.9 Å². The van der Waals surface area contributed by atoms with E-state index < -0.39 is 29.3 Å². The first kappa shape index (κ1) is 21.0. The van der Waals surface area contributed by atoms with Crippen molar-refractivity contribution in [3.8, 4) is 11.5 Å². The summed E-state index contributed by atoms with van der Waals surface area (Å²) in [4.78, 5) is 31.3. The van der Waals surface area contributed by atoms with E-state index in [-0.39, 0.29) is 29.2 Å². The minimum Gasteiger partial charge on any atom is -0.508 e. The number of aliphatic hydroxyl groups excluding tert-OH is 1. The molecule has 8 heteroatoms. The number of hydrogen-bond acceptors (Lipinski definition) is 6. The summed E-state index contributed by atoms with van der Waals surface area (Å²) in [7, 11) is 1.35. The zero-order valence-corrected chi connectivity index (χ0v) is 17.0. The summed E-state index contributed by atoms with van der Waals surface area (Å²) in [5.74, 6) is -2.89. The number of phenolic OH excluding ortho intramolecular Hbond substituents is 1. The van der Waals surface area contributed by atoms with Crippen molar-refractivity contribution in [2.45, 2.75) is 12.6 Å². The van der Waals surface area contributed by atoms with Crippen LogP contribution in [0.25, 0.3) is 5.76 Å². The smallest absolute Gasteiger partial charge is 0.295 e. The van der Waals surface area contributed by atoms with Gasteiger partial charge in [-0.15, -0.1) is 0 Å². The Morgan fingerprint density at radius 3 is 2.56 bits per heavy atom. The zero-order valence-electron chi connectivity index (χ0n) is 17.0. The fourth-order valence-electron chi connectivity index (χ4n) is 3.78. The summed E-state index contributed by atoms with van der Waals surface area (Å²) in [6, 6.07) is 12.0. The van der Waals surface area contributed by atoms with Gasteiger partial charge in [-0.3, -0.25) is 14.6 Å². The van der Waals surface area contributed by atoms with Crippen molar-refractivity contribution in [3.05, 3.63) is 95.1 Å². The molecule has 0 spiro atoms. The second-order valence-electron chi connectivity index (χ2n) is 7.22. The quantitative estimate of drug-likeness (QED) is 0.362. The van der Waals surface area contributed by atoms with E-state index in [2.05, 4.69) is 4.98 Å². The van der Waals surface area contributed by atoms with Crippen molar-refractivity contribution in [2.24, 2.45) is 0 Å². The number of aromatic hydroxyl groups is 1. The predicted molar refractivity (Wildman–Crippen MR) is 113 cm³/mol. The Hall–Kier alpha value is -4.20. The molecule has 4 rings (SSSR count). The number of aliphatic hydroxyl groups is 1. The monoisotopic (exact) mass is 434 g/mol. The van der Waals surface area contributed by atoms with E-state index >= 15 is 0 Å². The molecule has 2 aromatic carbocycles. The fourth-order valence-corrected chi connectivity index (χ4v) is 3.78. The van der Waals surface area contributed by atoms with E-state index in [1.807, 2.05) is 0 Å². The molecule has 32 heavy (non-hydrogen) atoms. The van der Waals surface area contributed by atoms with Gasteiger partial charge in [-0.25, -0.2) is 4.39 Å². The number of halogens is 1. The molecule has 0 radical (unpaired) electrons. The van der Waals surface area contributed by atoms with Gasteiger partial charge in [0.25, 0.3) is 11.7 Å². The predicted octanol–water partition coefficient (Wildman–Crippen LogP) is 3.56. The van der Waals surface area contributed by atoms with E-state index in [0.29, 0.717) is 5.56 Å². The van der Waals surface area contributed by atoms with Crippen LogP contribution in [-0.4, -0.2) is 38.9 Å². The maximum Gasteiger partial charge on any atom is 0.295 e. The molecule has 1 aliphatic rings. The van der Waals surface area contributed by atoms with Crippen LogP contribution in [0.3, 0.4) is 0 Å². The lowest BCUT2D eigenvalue weighted by Crippen LogP contribution is -2.29. The number of likely N-dealkylation sites (tertiary alicyclic amines) is 1. The SMILES string of the molecule is COc1ccc(F)cc1/C(O)=C1\C(=O)C(=O)N(Cc2ccncc2)C1c1cccc(O)c1. The summed E-state index contributed by atoms with van der Waals surface area (Å²) >= 11 is 0. The molecule has 2 heterocycles. The standard InChI is InChI=1S/C24H19FN2O5/c1-32-19-6-5-16(25)12-18(19)22(29)20-21(15-3-2-4-17(28)11-15)27(24(31)23(20)30)13-14-7-9-26-10-8-14/h2-12,21,28-29H,13H2,1H3/b22-20+. The number of amides is 1. The Morgan fingerprint density at radius 2 is 1.88 bits per heavy atom. The lowest BCUT2D eigenvalue weighted by atomic mass is 9.94. The number of pyridine rings is 1. The number of rotatable bonds is 5. The van der Waals surface area contributed by atoms with Crippen molar-refractivity contribution in [3.63, 3.8) is 0 Å². The zero-order chi connectivity index (χ0) is 22.8. The number of hydrogen-bond donors (Lipinski definition) is 2. The normalized spacial score (nSPS) is 17.6. The first-order chi connectivity index (χ1) is 15.4. The molecule has 3 aromatic rings. The van der Waals surface area contributed by atoms with Crippen LogP contribution in [-0.2, 0) is 16.1 Å². The van der Waals surface area contributed by atoms with Gasteiger partial charge in [0.1, 0.15) is 23.1 Å². The molecule has 1 atom stereocenters. The molecule has 1 fully saturated rings. The Labute approximate surface area is 183 Å². The van der Waals surface area contributed by atoms with Crippen molar-refractivity contribution in [1.29, 1.82) is 0 Å². The molecule has 162 valence electrons. The van der Waals surface area contributed by atoms with Crippen molar-refractivity contribution < 1.29 is 28.9 Å². The first-order valence-electron chi connectivity index (χ1n) is 9.71. The van der Waals surface area contributed by atoms with Crippen LogP contribution in [0.1, 0.15) is 22.7 Å². The Morgan fingerprint density at radius 1 is 1.12 bits per heavy atom. The molecule has 0 saturated carbocycles. The average Bonchev–Trinajstić information content (AvgIpc) is 3.04. The van der Waals surface area contributed by atoms with E-state index in [9.17, 15) is 24.2 Å². The molecule has 1 aliphatic heterocycles. The fraction of sp³-hybridized carbons (Fsp3) is 0.125. The van der Waals surface area contributed by atoms with E-state index in [4.69, 9.17) is 4.74 Å². The topological polar surface area (TPSA) is 100.0 Å². The summed E-state index contributed by atoms with van der Waals surface area (Å²) in [5.41, 5.74) is 0.851. The third-order valence-corrected chi connectivity index (χ3v) is 5.24. The number of phenols is 1. The number of ketones is 1. The molecular formula is C24H19FN2O5. The third kappa shape index (κ3) is 3.78. The maximum absolute atomic E-state index is 14.0. The van der Waals surface area contributed by atoms with E-state index in [1.165, 1.54) is 30.2 Å². The number of carbonyl (C=O) groups excluding carboxylic acids is 2. The Balaban J connectivity index is 1.92. The van der Waals surface area contributed by atoms with Crippen LogP contribution in [0.15, 0.2) is 72.6 Å². The number of ether oxygens (including phenoxy) is 1. The number of benzene rings is 2. The highest BCUT2D eigenvalue weighted by molar-refractivity contribution is 6.46. The largest absolute Gasteiger partial charge is 0.508 e. The molecule has 2 N–H and O–H groups in total. The van der Waals surface area contributed by atoms with Gasteiger partial charge in [-0.05, 0) is 53.6 Å². The molecule has 1 unspecified atom stereocenters. The number of Topliss-reactive ketones (excluding diaryl/α,β-unsaturated/α-hetero) is 1. The molecule has 1 saturated heterocycles. The highest BCUT2D eigenvalue weighted by Gasteiger charge is 2.46. The van der Waals surface area contributed by atoms with Crippen LogP contribution in [0.2, 0.25) is 0 Å². The van der Waals surface area contributed by atoms with Crippen molar-refractivity contribution in [2.75, 3.05) is 7.11 Å². The van der Waals surface area contributed by atoms with E-state index in [0.717, 1.165) is 17.7 Å². The molecule has 1 amide bonds. The van der Waals surface area contributed by atoms with Gasteiger partial charge in [-0.2, -0.15) is 0 Å². The van der Waals surface area contributed by atoms with Crippen LogP contribution in [0, 0.1) is 5.82 Å². The number of carbonyl (C=O) groups is 2. The second kappa shape index (κ2) is 8.50. The highest BCUT2D eigenvalue weighted by Crippen LogP contribution is 2.42. The molecular weight excluding hydrogens is 415 g/mol. The van der Waals surface area contributed by atoms with Gasteiger partial charge in [0.15, 0.2) is 0 Å². The second-order valence-corrected chi connectivity index (χ2v) is 7.22. The number of nitrogens with zero attached hydrogens (tertiary/aromatic N) is 2. The summed E-state index contributed by atoms with van der Waals surface area (Å²) in [6.45, 7) is 0.0600. The number of aromatic nitrogens is 1. The average molecular weight is 434 g/mol. The van der Waals surface area contributed by atoms with Crippen LogP contribution < -0.4 is 4.74 Å². The molecule has 0 bridgehead atoms. The van der Waals surface area contributed by atoms with Crippen LogP contribution >= 0.6 is 0 Å². The van der Waals surface area contributed by atoms with Crippen molar-refractivity contribution in [1.82, 2.24) is 9.88 Å². The molecule has 7 nitrogen and oxygen atoms in total. The minimum absolute atomic E-state index is 0.0560. The van der Waals surface area contributed by atoms with E-state index in [1.54, 1.807) is 36.7 Å². The molecule has 1 aromatic heterocycles. The highest BCUT2D eigenvalue weighted by atomic mass is 19.1. The van der Waals surface area contributed by atoms with Crippen LogP contribution in [0.5, 0.6) is 11.5 Å². The van der Waals surface area contributed by atoms with Crippen molar-refractivity contribution >= 4 is 17.4 Å². The van der Waals surface area contributed by atoms with Gasteiger partial charge in [0.2, 0.25) is 0 Å². The third-order valence-electron chi connectivity index (χ3n) is 5.24. The van der Waals surface area contributed by atoms with Gasteiger partial charge in [0.05, 0.1) is 24.3 Å². The lowest BCUT2D eigenvalue weighted by Gasteiger charge is -2.25. The summed E-state index contributed by atoms with van der Waals surface area (Å²) < 4.78 is 19.2. The first-order valence-corrected chi connectivity index (χ1v) is 9.71. The minimum atomic E-state index is -1.01. The van der Waals surface area contributed by atoms with Gasteiger partial charge in [-0.1, -0.05) is 12.1 Å². The van der Waals surface area contributed by atoms with Gasteiger partial charge >= 0.3 is 0 Å². The van der Waals surface area contributed by atoms with Crippen LogP contribution in [0.4, 0.5) is 4.39 Å². The summed E-state index contributed by atoms with van der Waals surface area (Å²) in [6.07, 6.45) is 3.12. The number of methoxy groups -OCH3 is 1. The Kier molecular flexibility index (Phi) is 5.59. The molecule has 0 aliphatic carbocycles. The lowest BCUT2D eigenvalue weighted by molar-refractivity contribution is -0.140. The Bertz CT molecular complexity index is 1230.